The lowest BCUT2D eigenvalue weighted by molar-refractivity contribution is -0.135. The largest absolute Gasteiger partial charge is 0.483 e. The molecule has 130 valence electrons. The minimum atomic E-state index is -0.131. The summed E-state index contributed by atoms with van der Waals surface area (Å²) in [7, 11) is 0. The molecule has 2 aromatic heterocycles. The first-order valence-corrected chi connectivity index (χ1v) is 8.14. The molecule has 2 heterocycles. The van der Waals surface area contributed by atoms with E-state index in [1.54, 1.807) is 29.6 Å². The van der Waals surface area contributed by atoms with E-state index in [1.165, 1.54) is 0 Å². The number of rotatable bonds is 7. The van der Waals surface area contributed by atoms with Gasteiger partial charge >= 0.3 is 0 Å². The second-order valence-corrected chi connectivity index (χ2v) is 5.97. The van der Waals surface area contributed by atoms with Gasteiger partial charge in [-0.05, 0) is 55.3 Å². The van der Waals surface area contributed by atoms with Gasteiger partial charge in [0.1, 0.15) is 17.3 Å². The Morgan fingerprint density at radius 3 is 2.20 bits per heavy atom. The van der Waals surface area contributed by atoms with Crippen LogP contribution in [0.15, 0.2) is 63.8 Å². The summed E-state index contributed by atoms with van der Waals surface area (Å²) >= 11 is 0. The molecule has 0 spiro atoms. The summed E-state index contributed by atoms with van der Waals surface area (Å²) in [6, 6.07) is 13.2. The summed E-state index contributed by atoms with van der Waals surface area (Å²) in [6.07, 6.45) is 3.19. The molecule has 0 aliphatic carbocycles. The number of hydrogen-bond acceptors (Lipinski definition) is 4. The monoisotopic (exact) mass is 339 g/mol. The van der Waals surface area contributed by atoms with Gasteiger partial charge in [0.25, 0.3) is 5.91 Å². The van der Waals surface area contributed by atoms with Crippen LogP contribution >= 0.6 is 0 Å². The van der Waals surface area contributed by atoms with Crippen molar-refractivity contribution in [3.8, 4) is 5.75 Å². The highest BCUT2D eigenvalue weighted by Crippen LogP contribution is 2.19. The van der Waals surface area contributed by atoms with Crippen LogP contribution in [0, 0.1) is 13.8 Å². The van der Waals surface area contributed by atoms with Crippen molar-refractivity contribution in [2.24, 2.45) is 0 Å². The molecule has 0 saturated heterocycles. The molecule has 5 heteroatoms. The number of carbonyl (C=O) groups is 1. The first kappa shape index (κ1) is 16.9. The van der Waals surface area contributed by atoms with Crippen LogP contribution in [0.25, 0.3) is 0 Å². The van der Waals surface area contributed by atoms with E-state index in [4.69, 9.17) is 13.6 Å². The molecule has 0 N–H and O–H groups in total. The van der Waals surface area contributed by atoms with Crippen molar-refractivity contribution in [3.63, 3.8) is 0 Å². The van der Waals surface area contributed by atoms with E-state index in [0.29, 0.717) is 24.6 Å². The minimum Gasteiger partial charge on any atom is -0.483 e. The van der Waals surface area contributed by atoms with Gasteiger partial charge in [-0.25, -0.2) is 0 Å². The predicted molar refractivity (Wildman–Crippen MR) is 93.1 cm³/mol. The number of nitrogens with zero attached hydrogens (tertiary/aromatic N) is 1. The third kappa shape index (κ3) is 4.53. The molecule has 0 saturated carbocycles. The molecule has 5 nitrogen and oxygen atoms in total. The fourth-order valence-electron chi connectivity index (χ4n) is 2.51. The molecule has 0 aliphatic heterocycles. The van der Waals surface area contributed by atoms with E-state index in [0.717, 1.165) is 16.9 Å². The van der Waals surface area contributed by atoms with Gasteiger partial charge in [-0.15, -0.1) is 0 Å². The van der Waals surface area contributed by atoms with Crippen molar-refractivity contribution >= 4 is 5.91 Å². The predicted octanol–water partition coefficient (Wildman–Crippen LogP) is 4.10. The number of carbonyl (C=O) groups excluding carboxylic acids is 1. The van der Waals surface area contributed by atoms with E-state index in [1.807, 2.05) is 44.2 Å². The molecule has 0 unspecified atom stereocenters. The Kier molecular flexibility index (Phi) is 5.23. The van der Waals surface area contributed by atoms with E-state index in [9.17, 15) is 4.79 Å². The van der Waals surface area contributed by atoms with Crippen LogP contribution < -0.4 is 4.74 Å². The number of furan rings is 2. The highest BCUT2D eigenvalue weighted by atomic mass is 16.5. The van der Waals surface area contributed by atoms with Crippen molar-refractivity contribution in [1.82, 2.24) is 4.90 Å². The molecule has 0 aliphatic rings. The summed E-state index contributed by atoms with van der Waals surface area (Å²) in [4.78, 5) is 14.3. The fourth-order valence-corrected chi connectivity index (χ4v) is 2.51. The molecule has 0 atom stereocenters. The van der Waals surface area contributed by atoms with Crippen LogP contribution in [0.5, 0.6) is 5.75 Å². The van der Waals surface area contributed by atoms with Crippen LogP contribution in [-0.4, -0.2) is 17.4 Å². The number of aryl methyl sites for hydroxylation is 2. The van der Waals surface area contributed by atoms with Gasteiger partial charge in [0.15, 0.2) is 6.61 Å². The zero-order valence-electron chi connectivity index (χ0n) is 14.4. The normalized spacial score (nSPS) is 10.6. The Bertz CT molecular complexity index is 770. The van der Waals surface area contributed by atoms with Gasteiger partial charge in [0.05, 0.1) is 25.6 Å². The molecule has 0 bridgehead atoms. The quantitative estimate of drug-likeness (QED) is 0.650. The summed E-state index contributed by atoms with van der Waals surface area (Å²) in [6.45, 7) is 4.65. The molecular formula is C20H21NO4. The average Bonchev–Trinajstić information content (AvgIpc) is 3.28. The molecule has 1 aromatic carbocycles. The zero-order chi connectivity index (χ0) is 17.6. The van der Waals surface area contributed by atoms with Crippen molar-refractivity contribution in [3.05, 3.63) is 77.6 Å². The van der Waals surface area contributed by atoms with Gasteiger partial charge in [0.2, 0.25) is 0 Å². The Morgan fingerprint density at radius 2 is 1.64 bits per heavy atom. The van der Waals surface area contributed by atoms with Crippen LogP contribution in [0.4, 0.5) is 0 Å². The molecule has 1 amide bonds. The van der Waals surface area contributed by atoms with E-state index < -0.39 is 0 Å². The number of hydrogen-bond donors (Lipinski definition) is 0. The van der Waals surface area contributed by atoms with Gasteiger partial charge in [-0.2, -0.15) is 0 Å². The summed E-state index contributed by atoms with van der Waals surface area (Å²) < 4.78 is 16.5. The topological polar surface area (TPSA) is 55.8 Å². The highest BCUT2D eigenvalue weighted by Gasteiger charge is 2.18. The van der Waals surface area contributed by atoms with Crippen molar-refractivity contribution in [2.75, 3.05) is 6.61 Å². The van der Waals surface area contributed by atoms with Gasteiger partial charge in [0, 0.05) is 0 Å². The Morgan fingerprint density at radius 1 is 1.00 bits per heavy atom. The third-order valence-electron chi connectivity index (χ3n) is 3.90. The van der Waals surface area contributed by atoms with Gasteiger partial charge < -0.3 is 18.5 Å². The Hall–Kier alpha value is -2.95. The second kappa shape index (κ2) is 7.75. The maximum Gasteiger partial charge on any atom is 0.261 e. The van der Waals surface area contributed by atoms with Crippen molar-refractivity contribution in [2.45, 2.75) is 26.9 Å². The van der Waals surface area contributed by atoms with Gasteiger partial charge in [-0.3, -0.25) is 4.79 Å². The molecule has 25 heavy (non-hydrogen) atoms. The van der Waals surface area contributed by atoms with Crippen LogP contribution in [-0.2, 0) is 17.9 Å². The average molecular weight is 339 g/mol. The number of ether oxygens (including phenoxy) is 1. The van der Waals surface area contributed by atoms with Gasteiger partial charge in [-0.1, -0.05) is 12.1 Å². The maximum absolute atomic E-state index is 12.7. The van der Waals surface area contributed by atoms with E-state index >= 15 is 0 Å². The van der Waals surface area contributed by atoms with E-state index in [2.05, 4.69) is 0 Å². The third-order valence-corrected chi connectivity index (χ3v) is 3.90. The standard InChI is InChI=1S/C20H21NO4/c1-15-7-8-16(2)19(11-15)25-14-20(22)21(12-17-5-3-9-23-17)13-18-6-4-10-24-18/h3-11H,12-14H2,1-2H3. The first-order chi connectivity index (χ1) is 12.1. The second-order valence-electron chi connectivity index (χ2n) is 5.97. The van der Waals surface area contributed by atoms with E-state index in [-0.39, 0.29) is 12.5 Å². The molecule has 0 radical (unpaired) electrons. The Balaban J connectivity index is 1.68. The summed E-state index contributed by atoms with van der Waals surface area (Å²) in [5, 5.41) is 0. The SMILES string of the molecule is Cc1ccc(C)c(OCC(=O)N(Cc2ccco2)Cc2ccco2)c1. The van der Waals surface area contributed by atoms with Crippen molar-refractivity contribution in [1.29, 1.82) is 0 Å². The summed E-state index contributed by atoms with van der Waals surface area (Å²) in [5.74, 6) is 2.02. The van der Waals surface area contributed by atoms with Crippen molar-refractivity contribution < 1.29 is 18.4 Å². The lowest BCUT2D eigenvalue weighted by Crippen LogP contribution is -2.34. The smallest absolute Gasteiger partial charge is 0.261 e. The number of benzene rings is 1. The zero-order valence-corrected chi connectivity index (χ0v) is 14.4. The summed E-state index contributed by atoms with van der Waals surface area (Å²) in [5.41, 5.74) is 2.10. The van der Waals surface area contributed by atoms with Crippen LogP contribution in [0.3, 0.4) is 0 Å². The molecule has 3 rings (SSSR count). The molecule has 3 aromatic rings. The lowest BCUT2D eigenvalue weighted by atomic mass is 10.1. The first-order valence-electron chi connectivity index (χ1n) is 8.14. The molecular weight excluding hydrogens is 318 g/mol. The maximum atomic E-state index is 12.7. The minimum absolute atomic E-state index is 0.0360. The highest BCUT2D eigenvalue weighted by molar-refractivity contribution is 5.77. The number of amides is 1. The van der Waals surface area contributed by atoms with Crippen LogP contribution in [0.1, 0.15) is 22.6 Å². The fraction of sp³-hybridized carbons (Fsp3) is 0.250. The Labute approximate surface area is 146 Å². The van der Waals surface area contributed by atoms with Crippen LogP contribution in [0.2, 0.25) is 0 Å². The lowest BCUT2D eigenvalue weighted by Gasteiger charge is -2.21. The molecule has 0 fully saturated rings.